The van der Waals surface area contributed by atoms with E-state index in [4.69, 9.17) is 11.6 Å². The van der Waals surface area contributed by atoms with E-state index in [0.717, 1.165) is 5.56 Å². The summed E-state index contributed by atoms with van der Waals surface area (Å²) in [6.07, 6.45) is 3.36. The number of aromatic nitrogens is 2. The van der Waals surface area contributed by atoms with Crippen molar-refractivity contribution < 1.29 is 9.72 Å². The van der Waals surface area contributed by atoms with Crippen LogP contribution >= 0.6 is 11.6 Å². The molecular formula is C13H13ClN4O3. The Bertz CT molecular complexity index is 698. The highest BCUT2D eigenvalue weighted by molar-refractivity contribution is 6.31. The highest BCUT2D eigenvalue weighted by Gasteiger charge is 2.21. The molecule has 1 amide bonds. The van der Waals surface area contributed by atoms with Gasteiger partial charge < -0.3 is 5.32 Å². The molecular weight excluding hydrogens is 296 g/mol. The molecule has 7 nitrogen and oxygen atoms in total. The Labute approximate surface area is 125 Å². The van der Waals surface area contributed by atoms with Gasteiger partial charge in [-0.15, -0.1) is 0 Å². The van der Waals surface area contributed by atoms with Gasteiger partial charge in [-0.05, 0) is 31.5 Å². The molecule has 1 aromatic carbocycles. The molecule has 1 N–H and O–H groups in total. The maximum atomic E-state index is 12.2. The molecule has 2 rings (SSSR count). The van der Waals surface area contributed by atoms with Crippen molar-refractivity contribution >= 4 is 28.9 Å². The summed E-state index contributed by atoms with van der Waals surface area (Å²) in [6.45, 7) is 3.52. The number of nitro groups is 1. The molecule has 110 valence electrons. The quantitative estimate of drug-likeness (QED) is 0.694. The van der Waals surface area contributed by atoms with Gasteiger partial charge in [0.25, 0.3) is 5.69 Å². The first kappa shape index (κ1) is 15.0. The van der Waals surface area contributed by atoms with Crippen molar-refractivity contribution in [3.63, 3.8) is 0 Å². The van der Waals surface area contributed by atoms with E-state index in [1.807, 2.05) is 6.92 Å². The predicted molar refractivity (Wildman–Crippen MR) is 78.4 cm³/mol. The van der Waals surface area contributed by atoms with Crippen LogP contribution in [0, 0.1) is 17.0 Å². The second-order valence-corrected chi connectivity index (χ2v) is 5.02. The van der Waals surface area contributed by atoms with Crippen LogP contribution in [0.15, 0.2) is 30.6 Å². The van der Waals surface area contributed by atoms with E-state index >= 15 is 0 Å². The first-order valence-corrected chi connectivity index (χ1v) is 6.52. The fourth-order valence-electron chi connectivity index (χ4n) is 1.76. The molecule has 0 aliphatic heterocycles. The highest BCUT2D eigenvalue weighted by atomic mass is 35.5. The minimum absolute atomic E-state index is 0.102. The Morgan fingerprint density at radius 2 is 2.24 bits per heavy atom. The van der Waals surface area contributed by atoms with E-state index in [2.05, 4.69) is 10.4 Å². The first-order valence-electron chi connectivity index (χ1n) is 6.14. The van der Waals surface area contributed by atoms with E-state index < -0.39 is 16.9 Å². The zero-order valence-electron chi connectivity index (χ0n) is 11.4. The van der Waals surface area contributed by atoms with Crippen LogP contribution in [0.25, 0.3) is 0 Å². The van der Waals surface area contributed by atoms with Gasteiger partial charge in [0, 0.05) is 17.3 Å². The number of hydrogen-bond donors (Lipinski definition) is 1. The number of nitro benzene ring substituents is 1. The summed E-state index contributed by atoms with van der Waals surface area (Å²) in [6, 6.07) is 3.49. The lowest BCUT2D eigenvalue weighted by Crippen LogP contribution is -2.24. The molecule has 0 fully saturated rings. The van der Waals surface area contributed by atoms with E-state index in [-0.39, 0.29) is 16.4 Å². The molecule has 0 saturated carbocycles. The summed E-state index contributed by atoms with van der Waals surface area (Å²) in [5.74, 6) is -0.400. The van der Waals surface area contributed by atoms with Gasteiger partial charge in [0.15, 0.2) is 0 Å². The van der Waals surface area contributed by atoms with Gasteiger partial charge in [-0.3, -0.25) is 19.6 Å². The van der Waals surface area contributed by atoms with E-state index in [1.165, 1.54) is 22.9 Å². The average molecular weight is 309 g/mol. The normalized spacial score (nSPS) is 12.0. The van der Waals surface area contributed by atoms with Gasteiger partial charge in [-0.1, -0.05) is 11.6 Å². The SMILES string of the molecule is Cc1cnn(C(C)C(=O)Nc2ccc(Cl)cc2[N+](=O)[O-])c1. The maximum Gasteiger partial charge on any atom is 0.294 e. The molecule has 0 aliphatic carbocycles. The van der Waals surface area contributed by atoms with Crippen molar-refractivity contribution in [3.8, 4) is 0 Å². The Kier molecular flexibility index (Phi) is 4.23. The highest BCUT2D eigenvalue weighted by Crippen LogP contribution is 2.28. The molecule has 0 aliphatic rings. The third-order valence-electron chi connectivity index (χ3n) is 2.92. The summed E-state index contributed by atoms with van der Waals surface area (Å²) < 4.78 is 1.49. The Hall–Kier alpha value is -2.41. The van der Waals surface area contributed by atoms with E-state index in [0.29, 0.717) is 0 Å². The van der Waals surface area contributed by atoms with Gasteiger partial charge >= 0.3 is 0 Å². The molecule has 1 atom stereocenters. The standard InChI is InChI=1S/C13H13ClN4O3/c1-8-6-15-17(7-8)9(2)13(19)16-11-4-3-10(14)5-12(11)18(20)21/h3-7,9H,1-2H3,(H,16,19). The molecule has 0 saturated heterocycles. The number of hydrogen-bond acceptors (Lipinski definition) is 4. The van der Waals surface area contributed by atoms with Gasteiger partial charge in [0.2, 0.25) is 5.91 Å². The number of carbonyl (C=O) groups is 1. The zero-order valence-corrected chi connectivity index (χ0v) is 12.2. The van der Waals surface area contributed by atoms with Crippen molar-refractivity contribution in [3.05, 3.63) is 51.3 Å². The van der Waals surface area contributed by atoms with Gasteiger partial charge in [0.05, 0.1) is 11.1 Å². The number of nitrogens with zero attached hydrogens (tertiary/aromatic N) is 3. The summed E-state index contributed by atoms with van der Waals surface area (Å²) in [4.78, 5) is 22.5. The van der Waals surface area contributed by atoms with E-state index in [9.17, 15) is 14.9 Å². The molecule has 8 heteroatoms. The monoisotopic (exact) mass is 308 g/mol. The molecule has 2 aromatic rings. The van der Waals surface area contributed by atoms with Crippen LogP contribution in [-0.2, 0) is 4.79 Å². The van der Waals surface area contributed by atoms with Crippen LogP contribution in [0.2, 0.25) is 5.02 Å². The molecule has 1 aromatic heterocycles. The summed E-state index contributed by atoms with van der Waals surface area (Å²) in [7, 11) is 0. The third-order valence-corrected chi connectivity index (χ3v) is 3.16. The minimum atomic E-state index is -0.593. The van der Waals surface area contributed by atoms with Crippen LogP contribution in [0.4, 0.5) is 11.4 Å². The first-order chi connectivity index (χ1) is 9.88. The van der Waals surface area contributed by atoms with Gasteiger partial charge in [-0.2, -0.15) is 5.10 Å². The van der Waals surface area contributed by atoms with Crippen molar-refractivity contribution in [2.45, 2.75) is 19.9 Å². The molecule has 1 unspecified atom stereocenters. The lowest BCUT2D eigenvalue weighted by atomic mass is 10.2. The molecule has 0 radical (unpaired) electrons. The predicted octanol–water partition coefficient (Wildman–Crippen LogP) is 2.95. The molecule has 21 heavy (non-hydrogen) atoms. The largest absolute Gasteiger partial charge is 0.319 e. The fourth-order valence-corrected chi connectivity index (χ4v) is 1.93. The van der Waals surface area contributed by atoms with Crippen LogP contribution in [-0.4, -0.2) is 20.6 Å². The second kappa shape index (κ2) is 5.92. The fraction of sp³-hybridized carbons (Fsp3) is 0.231. The zero-order chi connectivity index (χ0) is 15.6. The number of carbonyl (C=O) groups excluding carboxylic acids is 1. The smallest absolute Gasteiger partial charge is 0.294 e. The van der Waals surface area contributed by atoms with Crippen LogP contribution in [0.1, 0.15) is 18.5 Å². The van der Waals surface area contributed by atoms with Gasteiger partial charge in [-0.25, -0.2) is 0 Å². The summed E-state index contributed by atoms with van der Waals surface area (Å²) >= 11 is 5.73. The van der Waals surface area contributed by atoms with Crippen LogP contribution < -0.4 is 5.32 Å². The molecule has 0 spiro atoms. The van der Waals surface area contributed by atoms with Crippen molar-refractivity contribution in [1.29, 1.82) is 0 Å². The minimum Gasteiger partial charge on any atom is -0.319 e. The Morgan fingerprint density at radius 1 is 1.52 bits per heavy atom. The van der Waals surface area contributed by atoms with Crippen molar-refractivity contribution in [2.75, 3.05) is 5.32 Å². The Balaban J connectivity index is 2.22. The molecule has 1 heterocycles. The van der Waals surface area contributed by atoms with Gasteiger partial charge in [0.1, 0.15) is 11.7 Å². The number of nitrogens with one attached hydrogen (secondary N) is 1. The number of amides is 1. The lowest BCUT2D eigenvalue weighted by Gasteiger charge is -2.12. The molecule has 0 bridgehead atoms. The number of benzene rings is 1. The number of rotatable bonds is 4. The van der Waals surface area contributed by atoms with Crippen LogP contribution in [0.3, 0.4) is 0 Å². The Morgan fingerprint density at radius 3 is 2.81 bits per heavy atom. The van der Waals surface area contributed by atoms with Crippen molar-refractivity contribution in [1.82, 2.24) is 9.78 Å². The average Bonchev–Trinajstić information content (AvgIpc) is 2.86. The topological polar surface area (TPSA) is 90.1 Å². The van der Waals surface area contributed by atoms with E-state index in [1.54, 1.807) is 19.3 Å². The summed E-state index contributed by atoms with van der Waals surface area (Å²) in [5.41, 5.74) is 0.775. The summed E-state index contributed by atoms with van der Waals surface area (Å²) in [5, 5.41) is 17.8. The number of anilines is 1. The maximum absolute atomic E-state index is 12.2. The van der Waals surface area contributed by atoms with Crippen molar-refractivity contribution in [2.24, 2.45) is 0 Å². The van der Waals surface area contributed by atoms with Crippen LogP contribution in [0.5, 0.6) is 0 Å². The number of aryl methyl sites for hydroxylation is 1. The number of halogens is 1. The second-order valence-electron chi connectivity index (χ2n) is 4.58. The third kappa shape index (κ3) is 3.38. The lowest BCUT2D eigenvalue weighted by molar-refractivity contribution is -0.383.